The van der Waals surface area contributed by atoms with Crippen molar-refractivity contribution in [1.82, 2.24) is 5.32 Å². The number of hydrogen-bond donors (Lipinski definition) is 1. The first kappa shape index (κ1) is 13.3. The molecule has 0 fully saturated rings. The Kier molecular flexibility index (Phi) is 5.16. The van der Waals surface area contributed by atoms with Gasteiger partial charge >= 0.3 is 0 Å². The van der Waals surface area contributed by atoms with Crippen molar-refractivity contribution in [1.29, 1.82) is 5.26 Å². The fraction of sp³-hybridized carbons (Fsp3) is 0.235. The minimum Gasteiger partial charge on any atom is -0.301 e. The van der Waals surface area contributed by atoms with Crippen LogP contribution in [0, 0.1) is 11.3 Å². The summed E-state index contributed by atoms with van der Waals surface area (Å²) in [6, 6.07) is 22.7. The molecule has 0 aliphatic rings. The largest absolute Gasteiger partial charge is 0.301 e. The Balaban J connectivity index is 1.79. The van der Waals surface area contributed by atoms with Crippen LogP contribution in [0.2, 0.25) is 0 Å². The Morgan fingerprint density at radius 2 is 1.47 bits per heavy atom. The maximum absolute atomic E-state index is 9.17. The molecule has 2 heteroatoms. The predicted octanol–water partition coefficient (Wildman–Crippen LogP) is 2.95. The van der Waals surface area contributed by atoms with Crippen LogP contribution in [0.25, 0.3) is 0 Å². The number of benzene rings is 2. The second-order valence-electron chi connectivity index (χ2n) is 4.56. The number of nitrogens with one attached hydrogen (secondary N) is 1. The maximum atomic E-state index is 9.17. The summed E-state index contributed by atoms with van der Waals surface area (Å²) in [6.45, 7) is 0.828. The van der Waals surface area contributed by atoms with Crippen molar-refractivity contribution in [3.8, 4) is 6.07 Å². The molecule has 1 N–H and O–H groups in total. The molecule has 0 aliphatic carbocycles. The summed E-state index contributed by atoms with van der Waals surface area (Å²) in [5, 5.41) is 12.5. The summed E-state index contributed by atoms with van der Waals surface area (Å²) in [5.41, 5.74) is 2.49. The summed E-state index contributed by atoms with van der Waals surface area (Å²) < 4.78 is 0. The standard InChI is InChI=1S/C17H18N2/c18-14-17(13-16-9-5-2-6-10-16)19-12-11-15-7-3-1-4-8-15/h1-10,17,19H,11-13H2. The third-order valence-electron chi connectivity index (χ3n) is 3.09. The highest BCUT2D eigenvalue weighted by Crippen LogP contribution is 2.03. The lowest BCUT2D eigenvalue weighted by molar-refractivity contribution is 0.600. The van der Waals surface area contributed by atoms with Crippen LogP contribution in [-0.2, 0) is 12.8 Å². The van der Waals surface area contributed by atoms with Crippen LogP contribution in [-0.4, -0.2) is 12.6 Å². The van der Waals surface area contributed by atoms with Crippen molar-refractivity contribution in [3.05, 3.63) is 71.8 Å². The molecule has 0 spiro atoms. The first-order valence-electron chi connectivity index (χ1n) is 6.59. The molecule has 0 heterocycles. The van der Waals surface area contributed by atoms with Gasteiger partial charge in [-0.15, -0.1) is 0 Å². The number of nitrogens with zero attached hydrogens (tertiary/aromatic N) is 1. The third-order valence-corrected chi connectivity index (χ3v) is 3.09. The fourth-order valence-electron chi connectivity index (χ4n) is 2.05. The Morgan fingerprint density at radius 1 is 0.895 bits per heavy atom. The summed E-state index contributed by atoms with van der Waals surface area (Å²) in [6.07, 6.45) is 1.71. The minimum absolute atomic E-state index is 0.119. The quantitative estimate of drug-likeness (QED) is 0.855. The van der Waals surface area contributed by atoms with Crippen LogP contribution in [0.15, 0.2) is 60.7 Å². The summed E-state index contributed by atoms with van der Waals surface area (Å²) in [4.78, 5) is 0. The molecule has 2 nitrogen and oxygen atoms in total. The fourth-order valence-corrected chi connectivity index (χ4v) is 2.05. The van der Waals surface area contributed by atoms with Gasteiger partial charge in [-0.2, -0.15) is 5.26 Å². The van der Waals surface area contributed by atoms with Crippen LogP contribution in [0.5, 0.6) is 0 Å². The van der Waals surface area contributed by atoms with E-state index in [2.05, 4.69) is 35.7 Å². The van der Waals surface area contributed by atoms with Crippen molar-refractivity contribution < 1.29 is 0 Å². The van der Waals surface area contributed by atoms with Gasteiger partial charge in [-0.3, -0.25) is 0 Å². The Hall–Kier alpha value is -2.11. The van der Waals surface area contributed by atoms with Gasteiger partial charge in [0.25, 0.3) is 0 Å². The lowest BCUT2D eigenvalue weighted by atomic mass is 10.1. The van der Waals surface area contributed by atoms with Gasteiger partial charge in [0.05, 0.1) is 12.1 Å². The summed E-state index contributed by atoms with van der Waals surface area (Å²) in [7, 11) is 0. The van der Waals surface area contributed by atoms with Gasteiger partial charge < -0.3 is 5.32 Å². The van der Waals surface area contributed by atoms with Crippen molar-refractivity contribution in [2.24, 2.45) is 0 Å². The molecule has 0 bridgehead atoms. The van der Waals surface area contributed by atoms with E-state index in [1.165, 1.54) is 11.1 Å². The highest BCUT2D eigenvalue weighted by Gasteiger charge is 2.06. The molecule has 1 atom stereocenters. The number of hydrogen-bond acceptors (Lipinski definition) is 2. The SMILES string of the molecule is N#CC(Cc1ccccc1)NCCc1ccccc1. The Morgan fingerprint density at radius 3 is 2.05 bits per heavy atom. The van der Waals surface area contributed by atoms with E-state index in [1.54, 1.807) is 0 Å². The van der Waals surface area contributed by atoms with E-state index in [1.807, 2.05) is 36.4 Å². The van der Waals surface area contributed by atoms with Crippen molar-refractivity contribution in [3.63, 3.8) is 0 Å². The van der Waals surface area contributed by atoms with E-state index in [0.29, 0.717) is 0 Å². The molecular weight excluding hydrogens is 232 g/mol. The van der Waals surface area contributed by atoms with E-state index >= 15 is 0 Å². The third kappa shape index (κ3) is 4.57. The van der Waals surface area contributed by atoms with E-state index in [0.717, 1.165) is 19.4 Å². The average Bonchev–Trinajstić information content (AvgIpc) is 2.48. The molecule has 2 rings (SSSR count). The van der Waals surface area contributed by atoms with Gasteiger partial charge in [-0.05, 0) is 17.5 Å². The van der Waals surface area contributed by atoms with Crippen LogP contribution in [0.3, 0.4) is 0 Å². The summed E-state index contributed by atoms with van der Waals surface area (Å²) in [5.74, 6) is 0. The highest BCUT2D eigenvalue weighted by molar-refractivity contribution is 5.18. The van der Waals surface area contributed by atoms with Gasteiger partial charge in [-0.1, -0.05) is 60.7 Å². The second kappa shape index (κ2) is 7.35. The molecule has 19 heavy (non-hydrogen) atoms. The molecule has 2 aromatic carbocycles. The van der Waals surface area contributed by atoms with Gasteiger partial charge in [0.15, 0.2) is 0 Å². The van der Waals surface area contributed by atoms with Crippen LogP contribution < -0.4 is 5.32 Å². The maximum Gasteiger partial charge on any atom is 0.0993 e. The van der Waals surface area contributed by atoms with E-state index in [4.69, 9.17) is 0 Å². The molecular formula is C17H18N2. The lowest BCUT2D eigenvalue weighted by Gasteiger charge is -2.11. The van der Waals surface area contributed by atoms with Gasteiger partial charge in [-0.25, -0.2) is 0 Å². The predicted molar refractivity (Wildman–Crippen MR) is 77.7 cm³/mol. The molecule has 1 unspecified atom stereocenters. The molecule has 0 aliphatic heterocycles. The highest BCUT2D eigenvalue weighted by atomic mass is 14.9. The van der Waals surface area contributed by atoms with Crippen LogP contribution >= 0.6 is 0 Å². The zero-order valence-electron chi connectivity index (χ0n) is 10.9. The topological polar surface area (TPSA) is 35.8 Å². The summed E-state index contributed by atoms with van der Waals surface area (Å²) >= 11 is 0. The molecule has 0 radical (unpaired) electrons. The minimum atomic E-state index is -0.119. The van der Waals surface area contributed by atoms with E-state index in [9.17, 15) is 5.26 Å². The molecule has 0 aromatic heterocycles. The average molecular weight is 250 g/mol. The first-order chi connectivity index (χ1) is 9.38. The van der Waals surface area contributed by atoms with Crippen LogP contribution in [0.4, 0.5) is 0 Å². The van der Waals surface area contributed by atoms with Crippen molar-refractivity contribution in [2.45, 2.75) is 18.9 Å². The smallest absolute Gasteiger partial charge is 0.0993 e. The van der Waals surface area contributed by atoms with Crippen LogP contribution in [0.1, 0.15) is 11.1 Å². The van der Waals surface area contributed by atoms with Crippen molar-refractivity contribution in [2.75, 3.05) is 6.54 Å². The second-order valence-corrected chi connectivity index (χ2v) is 4.56. The van der Waals surface area contributed by atoms with Gasteiger partial charge in [0.2, 0.25) is 0 Å². The lowest BCUT2D eigenvalue weighted by Crippen LogP contribution is -2.31. The molecule has 2 aromatic rings. The number of rotatable bonds is 6. The molecule has 96 valence electrons. The Labute approximate surface area is 114 Å². The van der Waals surface area contributed by atoms with E-state index < -0.39 is 0 Å². The number of nitriles is 1. The van der Waals surface area contributed by atoms with Gasteiger partial charge in [0.1, 0.15) is 0 Å². The normalized spacial score (nSPS) is 11.7. The first-order valence-corrected chi connectivity index (χ1v) is 6.59. The van der Waals surface area contributed by atoms with Crippen molar-refractivity contribution >= 4 is 0 Å². The van der Waals surface area contributed by atoms with Gasteiger partial charge in [0, 0.05) is 13.0 Å². The zero-order valence-corrected chi connectivity index (χ0v) is 10.9. The van der Waals surface area contributed by atoms with E-state index in [-0.39, 0.29) is 6.04 Å². The molecule has 0 amide bonds. The zero-order chi connectivity index (χ0) is 13.3. The monoisotopic (exact) mass is 250 g/mol. The molecule has 0 saturated heterocycles. The Bertz CT molecular complexity index is 514. The molecule has 0 saturated carbocycles.